The minimum atomic E-state index is -1.59. The standard InChI is InChI=1S/C29H33NO6/c31-21-13-11-18(12-14-21)25-16-24-26-23(27(32)30(28(26)33)20-7-3-1-4-8-20)15-19(29(24,34)36-25)17-35-22-9-5-2-6-10-22/h2,5-6,9-14,19-20,23-26,31,34H,1,3-4,7-8,15-17H2/t19-,23+,24+,25+,26+,29-/m1/s1. The summed E-state index contributed by atoms with van der Waals surface area (Å²) < 4.78 is 12.4. The van der Waals surface area contributed by atoms with Crippen LogP contribution in [-0.4, -0.2) is 45.4 Å². The van der Waals surface area contributed by atoms with Crippen LogP contribution in [0.5, 0.6) is 11.5 Å². The van der Waals surface area contributed by atoms with Crippen LogP contribution in [0.15, 0.2) is 54.6 Å². The van der Waals surface area contributed by atoms with Crippen molar-refractivity contribution < 1.29 is 29.3 Å². The Morgan fingerprint density at radius 2 is 1.67 bits per heavy atom. The Balaban J connectivity index is 1.32. The number of amides is 2. The number of para-hydroxylation sites is 1. The Morgan fingerprint density at radius 3 is 2.39 bits per heavy atom. The van der Waals surface area contributed by atoms with Gasteiger partial charge in [0.1, 0.15) is 11.5 Å². The molecule has 0 aromatic heterocycles. The quantitative estimate of drug-likeness (QED) is 0.609. The van der Waals surface area contributed by atoms with Gasteiger partial charge in [0.2, 0.25) is 11.8 Å². The maximum absolute atomic E-state index is 13.8. The first kappa shape index (κ1) is 23.5. The van der Waals surface area contributed by atoms with Crippen LogP contribution in [0.3, 0.4) is 0 Å². The van der Waals surface area contributed by atoms with E-state index in [-0.39, 0.29) is 30.2 Å². The highest BCUT2D eigenvalue weighted by Gasteiger charge is 2.67. The Hall–Kier alpha value is -2.90. The van der Waals surface area contributed by atoms with Crippen molar-refractivity contribution in [2.45, 2.75) is 62.9 Å². The molecule has 2 aliphatic heterocycles. The van der Waals surface area contributed by atoms with E-state index < -0.39 is 35.6 Å². The maximum Gasteiger partial charge on any atom is 0.233 e. The minimum Gasteiger partial charge on any atom is -0.508 e. The highest BCUT2D eigenvalue weighted by atomic mass is 16.6. The highest BCUT2D eigenvalue weighted by Crippen LogP contribution is 2.58. The van der Waals surface area contributed by atoms with Crippen molar-refractivity contribution in [3.63, 3.8) is 0 Å². The number of hydrogen-bond donors (Lipinski definition) is 2. The molecule has 7 heteroatoms. The molecule has 6 atom stereocenters. The third kappa shape index (κ3) is 3.89. The van der Waals surface area contributed by atoms with E-state index >= 15 is 0 Å². The second-order valence-corrected chi connectivity index (χ2v) is 10.8. The zero-order chi connectivity index (χ0) is 24.9. The van der Waals surface area contributed by atoms with Gasteiger partial charge < -0.3 is 19.7 Å². The Kier molecular flexibility index (Phi) is 6.00. The predicted octanol–water partition coefficient (Wildman–Crippen LogP) is 4.19. The topological polar surface area (TPSA) is 96.3 Å². The van der Waals surface area contributed by atoms with E-state index in [0.29, 0.717) is 18.6 Å². The van der Waals surface area contributed by atoms with Gasteiger partial charge in [0.15, 0.2) is 5.79 Å². The predicted molar refractivity (Wildman–Crippen MR) is 131 cm³/mol. The van der Waals surface area contributed by atoms with Gasteiger partial charge in [0.05, 0.1) is 24.5 Å². The second kappa shape index (κ2) is 9.20. The lowest BCUT2D eigenvalue weighted by Gasteiger charge is -2.44. The van der Waals surface area contributed by atoms with Crippen molar-refractivity contribution in [3.05, 3.63) is 60.2 Å². The molecule has 2 heterocycles. The van der Waals surface area contributed by atoms with Crippen LogP contribution < -0.4 is 4.74 Å². The number of likely N-dealkylation sites (tertiary alicyclic amines) is 1. The fourth-order valence-corrected chi connectivity index (χ4v) is 7.01. The van der Waals surface area contributed by atoms with Crippen molar-refractivity contribution in [3.8, 4) is 11.5 Å². The van der Waals surface area contributed by atoms with Crippen LogP contribution in [0.25, 0.3) is 0 Å². The molecule has 4 fully saturated rings. The molecule has 4 aliphatic rings. The minimum absolute atomic E-state index is 0.0355. The molecule has 190 valence electrons. The third-order valence-corrected chi connectivity index (χ3v) is 8.80. The van der Waals surface area contributed by atoms with Crippen LogP contribution >= 0.6 is 0 Å². The number of aromatic hydroxyl groups is 1. The normalized spacial score (nSPS) is 34.5. The van der Waals surface area contributed by atoms with Crippen molar-refractivity contribution in [1.82, 2.24) is 4.90 Å². The zero-order valence-corrected chi connectivity index (χ0v) is 20.3. The number of carbonyl (C=O) groups is 2. The Bertz CT molecular complexity index is 1110. The van der Waals surface area contributed by atoms with Crippen LogP contribution in [0.2, 0.25) is 0 Å². The summed E-state index contributed by atoms with van der Waals surface area (Å²) in [5.41, 5.74) is 0.829. The second-order valence-electron chi connectivity index (χ2n) is 10.8. The SMILES string of the molecule is O=C1[C@H]2[C@H](C[C@H](COc3ccccc3)[C@@]3(O)O[C@H](c4ccc(O)cc4)C[C@@H]23)C(=O)N1C1CCCCC1. The molecule has 2 saturated carbocycles. The number of aliphatic hydroxyl groups is 1. The summed E-state index contributed by atoms with van der Waals surface area (Å²) in [5, 5.41) is 21.8. The van der Waals surface area contributed by atoms with E-state index in [1.54, 1.807) is 29.2 Å². The summed E-state index contributed by atoms with van der Waals surface area (Å²) in [5.74, 6) is -2.99. The van der Waals surface area contributed by atoms with E-state index in [4.69, 9.17) is 9.47 Å². The molecule has 0 bridgehead atoms. The number of carbonyl (C=O) groups excluding carboxylic acids is 2. The molecule has 2 aromatic carbocycles. The number of rotatable bonds is 5. The third-order valence-electron chi connectivity index (χ3n) is 8.80. The Morgan fingerprint density at radius 1 is 0.944 bits per heavy atom. The highest BCUT2D eigenvalue weighted by molar-refractivity contribution is 6.05. The molecule has 7 nitrogen and oxygen atoms in total. The molecule has 0 radical (unpaired) electrons. The van der Waals surface area contributed by atoms with Gasteiger partial charge in [-0.15, -0.1) is 0 Å². The van der Waals surface area contributed by atoms with Crippen molar-refractivity contribution >= 4 is 11.8 Å². The van der Waals surface area contributed by atoms with E-state index in [2.05, 4.69) is 0 Å². The van der Waals surface area contributed by atoms with Crippen LogP contribution in [-0.2, 0) is 14.3 Å². The molecule has 6 rings (SSSR count). The van der Waals surface area contributed by atoms with E-state index in [1.165, 1.54) is 0 Å². The first-order valence-electron chi connectivity index (χ1n) is 13.2. The summed E-state index contributed by atoms with van der Waals surface area (Å²) in [6, 6.07) is 16.1. The first-order valence-corrected chi connectivity index (χ1v) is 13.2. The van der Waals surface area contributed by atoms with Gasteiger partial charge in [0, 0.05) is 17.9 Å². The van der Waals surface area contributed by atoms with Gasteiger partial charge >= 0.3 is 0 Å². The van der Waals surface area contributed by atoms with Gasteiger partial charge in [-0.1, -0.05) is 49.6 Å². The monoisotopic (exact) mass is 491 g/mol. The number of phenolic OH excluding ortho intramolecular Hbond substituents is 1. The Labute approximate surface area is 211 Å². The lowest BCUT2D eigenvalue weighted by atomic mass is 9.64. The number of imide groups is 1. The van der Waals surface area contributed by atoms with Crippen molar-refractivity contribution in [2.24, 2.45) is 23.7 Å². The summed E-state index contributed by atoms with van der Waals surface area (Å²) in [4.78, 5) is 29.0. The number of ether oxygens (including phenoxy) is 2. The molecular formula is C29H33NO6. The van der Waals surface area contributed by atoms with E-state index in [1.807, 2.05) is 30.3 Å². The van der Waals surface area contributed by atoms with Gasteiger partial charge in [-0.2, -0.15) is 0 Å². The summed E-state index contributed by atoms with van der Waals surface area (Å²) in [6.45, 7) is 0.188. The van der Waals surface area contributed by atoms with Gasteiger partial charge in [0.25, 0.3) is 0 Å². The molecule has 36 heavy (non-hydrogen) atoms. The lowest BCUT2D eigenvalue weighted by molar-refractivity contribution is -0.272. The maximum atomic E-state index is 13.8. The smallest absolute Gasteiger partial charge is 0.233 e. The fourth-order valence-electron chi connectivity index (χ4n) is 7.01. The summed E-state index contributed by atoms with van der Waals surface area (Å²) in [6.07, 6.45) is 5.27. The molecular weight excluding hydrogens is 458 g/mol. The van der Waals surface area contributed by atoms with Crippen molar-refractivity contribution in [1.29, 1.82) is 0 Å². The first-order chi connectivity index (χ1) is 17.5. The lowest BCUT2D eigenvalue weighted by Crippen LogP contribution is -2.55. The summed E-state index contributed by atoms with van der Waals surface area (Å²) >= 11 is 0. The number of hydrogen-bond acceptors (Lipinski definition) is 6. The molecule has 2 aromatic rings. The van der Waals surface area contributed by atoms with Gasteiger partial charge in [-0.05, 0) is 55.5 Å². The van der Waals surface area contributed by atoms with Gasteiger partial charge in [-0.3, -0.25) is 14.5 Å². The van der Waals surface area contributed by atoms with Gasteiger partial charge in [-0.25, -0.2) is 0 Å². The molecule has 2 amide bonds. The molecule has 2 saturated heterocycles. The average molecular weight is 492 g/mol. The molecule has 2 aliphatic carbocycles. The molecule has 0 spiro atoms. The fraction of sp³-hybridized carbons (Fsp3) is 0.517. The zero-order valence-electron chi connectivity index (χ0n) is 20.3. The van der Waals surface area contributed by atoms with E-state index in [0.717, 1.165) is 37.7 Å². The largest absolute Gasteiger partial charge is 0.508 e. The van der Waals surface area contributed by atoms with Crippen LogP contribution in [0.4, 0.5) is 0 Å². The molecule has 2 N–H and O–H groups in total. The number of phenols is 1. The average Bonchev–Trinajstić information content (AvgIpc) is 3.38. The van der Waals surface area contributed by atoms with Crippen LogP contribution in [0, 0.1) is 23.7 Å². The van der Waals surface area contributed by atoms with Crippen molar-refractivity contribution in [2.75, 3.05) is 6.61 Å². The molecule has 0 unspecified atom stereocenters. The number of benzene rings is 2. The van der Waals surface area contributed by atoms with E-state index in [9.17, 15) is 19.8 Å². The van der Waals surface area contributed by atoms with Crippen LogP contribution in [0.1, 0.15) is 56.6 Å². The number of nitrogens with zero attached hydrogens (tertiary/aromatic N) is 1. The summed E-state index contributed by atoms with van der Waals surface area (Å²) in [7, 11) is 0. The number of fused-ring (bicyclic) bond motifs is 3.